The van der Waals surface area contributed by atoms with Crippen LogP contribution in [0.4, 0.5) is 5.95 Å². The average Bonchev–Trinajstić information content (AvgIpc) is 2.99. The Hall–Kier alpha value is -2.26. The first kappa shape index (κ1) is 17.6. The number of ether oxygens (including phenoxy) is 3. The van der Waals surface area contributed by atoms with Crippen LogP contribution < -0.4 is 19.9 Å². The van der Waals surface area contributed by atoms with E-state index in [1.165, 1.54) is 0 Å². The summed E-state index contributed by atoms with van der Waals surface area (Å²) in [7, 11) is 4.67. The predicted octanol–water partition coefficient (Wildman–Crippen LogP) is 2.90. The van der Waals surface area contributed by atoms with Crippen molar-refractivity contribution in [1.29, 1.82) is 0 Å². The predicted molar refractivity (Wildman–Crippen MR) is 97.6 cm³/mol. The molecule has 0 bridgehead atoms. The van der Waals surface area contributed by atoms with Gasteiger partial charge < -0.3 is 19.9 Å². The minimum atomic E-state index is 0.0863. The lowest BCUT2D eigenvalue weighted by molar-refractivity contribution is 0.322. The summed E-state index contributed by atoms with van der Waals surface area (Å²) < 4.78 is 18.6. The Kier molecular flexibility index (Phi) is 4.87. The maximum Gasteiger partial charge on any atom is 0.223 e. The monoisotopic (exact) mass is 427 g/mol. The van der Waals surface area contributed by atoms with Gasteiger partial charge in [-0.15, -0.1) is 0 Å². The molecule has 2 heterocycles. The topological polar surface area (TPSA) is 97.3 Å². The second-order valence-electron chi connectivity index (χ2n) is 5.03. The molecule has 0 radical (unpaired) electrons. The third-order valence-corrected chi connectivity index (χ3v) is 4.79. The van der Waals surface area contributed by atoms with Crippen LogP contribution in [0.25, 0.3) is 11.0 Å². The third kappa shape index (κ3) is 3.05. The van der Waals surface area contributed by atoms with Crippen LogP contribution in [0, 0.1) is 0 Å². The Morgan fingerprint density at radius 1 is 1.16 bits per heavy atom. The molecule has 1 aromatic carbocycles. The van der Waals surface area contributed by atoms with Crippen molar-refractivity contribution >= 4 is 44.5 Å². The van der Waals surface area contributed by atoms with Gasteiger partial charge >= 0.3 is 0 Å². The van der Waals surface area contributed by atoms with E-state index in [4.69, 9.17) is 31.5 Å². The fourth-order valence-electron chi connectivity index (χ4n) is 2.50. The van der Waals surface area contributed by atoms with E-state index >= 15 is 0 Å². The molecule has 0 unspecified atom stereocenters. The summed E-state index contributed by atoms with van der Waals surface area (Å²) in [5, 5.41) is 5.21. The summed E-state index contributed by atoms with van der Waals surface area (Å²) in [6.07, 6.45) is 1.60. The first-order valence-electron chi connectivity index (χ1n) is 7.12. The van der Waals surface area contributed by atoms with Gasteiger partial charge in [-0.2, -0.15) is 10.1 Å². The summed E-state index contributed by atoms with van der Waals surface area (Å²) in [4.78, 5) is 8.15. The number of benzene rings is 1. The van der Waals surface area contributed by atoms with Crippen LogP contribution in [0.15, 0.2) is 16.7 Å². The fourth-order valence-corrected chi connectivity index (χ4v) is 3.30. The highest BCUT2D eigenvalue weighted by atomic mass is 79.9. The summed E-state index contributed by atoms with van der Waals surface area (Å²) in [5.74, 6) is 1.66. The quantitative estimate of drug-likeness (QED) is 0.624. The summed E-state index contributed by atoms with van der Waals surface area (Å²) in [6, 6.07) is 1.84. The van der Waals surface area contributed by atoms with Crippen LogP contribution in [0.1, 0.15) is 5.56 Å². The molecule has 25 heavy (non-hydrogen) atoms. The van der Waals surface area contributed by atoms with Gasteiger partial charge in [0.1, 0.15) is 5.15 Å². The van der Waals surface area contributed by atoms with Gasteiger partial charge in [0.2, 0.25) is 11.7 Å². The summed E-state index contributed by atoms with van der Waals surface area (Å²) >= 11 is 9.64. The molecule has 0 aliphatic carbocycles. The van der Waals surface area contributed by atoms with Crippen LogP contribution in [0.5, 0.6) is 17.2 Å². The number of hydrogen-bond donors (Lipinski definition) is 1. The van der Waals surface area contributed by atoms with E-state index in [-0.39, 0.29) is 11.1 Å². The van der Waals surface area contributed by atoms with Crippen molar-refractivity contribution in [3.63, 3.8) is 0 Å². The Morgan fingerprint density at radius 3 is 2.52 bits per heavy atom. The van der Waals surface area contributed by atoms with Gasteiger partial charge in [0, 0.05) is 0 Å². The molecular formula is C15H15BrClN5O3. The molecule has 0 saturated carbocycles. The minimum Gasteiger partial charge on any atom is -0.493 e. The number of fused-ring (bicyclic) bond motifs is 1. The van der Waals surface area contributed by atoms with Gasteiger partial charge in [0.05, 0.1) is 43.9 Å². The lowest BCUT2D eigenvalue weighted by atomic mass is 10.1. The van der Waals surface area contributed by atoms with Crippen LogP contribution in [-0.4, -0.2) is 41.1 Å². The molecular weight excluding hydrogens is 414 g/mol. The Labute approximate surface area is 157 Å². The van der Waals surface area contributed by atoms with Gasteiger partial charge in [-0.1, -0.05) is 11.6 Å². The number of aromatic nitrogens is 4. The van der Waals surface area contributed by atoms with E-state index < -0.39 is 0 Å². The van der Waals surface area contributed by atoms with E-state index in [9.17, 15) is 0 Å². The Morgan fingerprint density at radius 2 is 1.88 bits per heavy atom. The maximum atomic E-state index is 6.09. The number of anilines is 1. The Balaban J connectivity index is 2.12. The molecule has 8 nitrogen and oxygen atoms in total. The van der Waals surface area contributed by atoms with Crippen LogP contribution in [0.2, 0.25) is 5.15 Å². The molecule has 2 N–H and O–H groups in total. The highest BCUT2D eigenvalue weighted by Crippen LogP contribution is 2.45. The first-order valence-corrected chi connectivity index (χ1v) is 8.29. The van der Waals surface area contributed by atoms with Crippen molar-refractivity contribution in [3.05, 3.63) is 27.5 Å². The molecule has 0 atom stereocenters. The number of nitrogen functional groups attached to an aromatic ring is 1. The van der Waals surface area contributed by atoms with E-state index in [2.05, 4.69) is 31.0 Å². The van der Waals surface area contributed by atoms with Crippen LogP contribution >= 0.6 is 27.5 Å². The minimum absolute atomic E-state index is 0.0863. The lowest BCUT2D eigenvalue weighted by Crippen LogP contribution is -2.07. The van der Waals surface area contributed by atoms with Crippen molar-refractivity contribution < 1.29 is 14.2 Å². The van der Waals surface area contributed by atoms with Gasteiger partial charge in [0.25, 0.3) is 0 Å². The third-order valence-electron chi connectivity index (χ3n) is 3.63. The molecule has 10 heteroatoms. The zero-order valence-corrected chi connectivity index (χ0v) is 16.1. The van der Waals surface area contributed by atoms with E-state index in [1.54, 1.807) is 32.2 Å². The zero-order chi connectivity index (χ0) is 18.1. The molecule has 132 valence electrons. The Bertz CT molecular complexity index is 947. The second kappa shape index (κ2) is 6.93. The molecule has 3 rings (SSSR count). The standard InChI is InChI=1S/C15H15BrClN5O3/c1-23-9-4-7(10(16)12(25-3)11(9)24-2)6-22-14-8(5-19-22)13(17)20-15(18)21-14/h4-5H,6H2,1-3H3,(H2,18,20,21). The molecule has 0 spiro atoms. The maximum absolute atomic E-state index is 6.09. The van der Waals surface area contributed by atoms with Crippen LogP contribution in [0.3, 0.4) is 0 Å². The molecule has 0 saturated heterocycles. The van der Waals surface area contributed by atoms with Crippen molar-refractivity contribution in [2.24, 2.45) is 0 Å². The zero-order valence-electron chi connectivity index (χ0n) is 13.7. The van der Waals surface area contributed by atoms with Gasteiger partial charge in [-0.05, 0) is 27.6 Å². The summed E-state index contributed by atoms with van der Waals surface area (Å²) in [5.41, 5.74) is 7.09. The number of nitrogens with zero attached hydrogens (tertiary/aromatic N) is 4. The summed E-state index contributed by atoms with van der Waals surface area (Å²) in [6.45, 7) is 0.383. The van der Waals surface area contributed by atoms with Crippen molar-refractivity contribution in [3.8, 4) is 17.2 Å². The molecule has 0 amide bonds. The number of nitrogens with two attached hydrogens (primary N) is 1. The highest BCUT2D eigenvalue weighted by molar-refractivity contribution is 9.10. The average molecular weight is 429 g/mol. The van der Waals surface area contributed by atoms with Crippen molar-refractivity contribution in [2.75, 3.05) is 27.1 Å². The molecule has 0 fully saturated rings. The number of rotatable bonds is 5. The fraction of sp³-hybridized carbons (Fsp3) is 0.267. The lowest BCUT2D eigenvalue weighted by Gasteiger charge is -2.17. The van der Waals surface area contributed by atoms with E-state index in [0.717, 1.165) is 10.0 Å². The normalized spacial score (nSPS) is 10.9. The van der Waals surface area contributed by atoms with Crippen molar-refractivity contribution in [2.45, 2.75) is 6.54 Å². The number of halogens is 2. The van der Waals surface area contributed by atoms with Gasteiger partial charge in [0.15, 0.2) is 17.1 Å². The molecule has 3 aromatic rings. The SMILES string of the molecule is COc1cc(Cn2ncc3c(Cl)nc(N)nc32)c(Br)c(OC)c1OC. The van der Waals surface area contributed by atoms with Crippen molar-refractivity contribution in [1.82, 2.24) is 19.7 Å². The van der Waals surface area contributed by atoms with E-state index in [0.29, 0.717) is 34.8 Å². The number of hydrogen-bond acceptors (Lipinski definition) is 7. The number of methoxy groups -OCH3 is 3. The molecule has 0 aliphatic rings. The largest absolute Gasteiger partial charge is 0.493 e. The highest BCUT2D eigenvalue weighted by Gasteiger charge is 2.20. The molecule has 2 aromatic heterocycles. The second-order valence-corrected chi connectivity index (χ2v) is 6.18. The van der Waals surface area contributed by atoms with E-state index in [1.807, 2.05) is 6.07 Å². The first-order chi connectivity index (χ1) is 12.0. The molecule has 0 aliphatic heterocycles. The van der Waals surface area contributed by atoms with Gasteiger partial charge in [-0.3, -0.25) is 0 Å². The smallest absolute Gasteiger partial charge is 0.223 e. The van der Waals surface area contributed by atoms with Crippen LogP contribution in [-0.2, 0) is 6.54 Å². The van der Waals surface area contributed by atoms with Gasteiger partial charge in [-0.25, -0.2) is 9.67 Å².